The first-order valence-electron chi connectivity index (χ1n) is 4.50. The van der Waals surface area contributed by atoms with E-state index in [1.54, 1.807) is 18.3 Å². The van der Waals surface area contributed by atoms with Gasteiger partial charge in [-0.1, -0.05) is 0 Å². The Balaban J connectivity index is 2.36. The van der Waals surface area contributed by atoms with E-state index in [2.05, 4.69) is 10.3 Å². The summed E-state index contributed by atoms with van der Waals surface area (Å²) in [5, 5.41) is 2.72. The second-order valence-electron chi connectivity index (χ2n) is 3.13. The van der Waals surface area contributed by atoms with Crippen molar-refractivity contribution in [2.75, 3.05) is 18.2 Å². The largest absolute Gasteiger partial charge is 0.480 e. The monoisotopic (exact) mass is 219 g/mol. The minimum absolute atomic E-state index is 0.0593. The Morgan fingerprint density at radius 3 is 2.75 bits per heavy atom. The zero-order valence-electron chi connectivity index (χ0n) is 8.48. The number of nitrogen functional groups attached to an aromatic ring is 1. The molecule has 0 aliphatic rings. The summed E-state index contributed by atoms with van der Waals surface area (Å²) in [5.74, 6) is 0.329. The summed E-state index contributed by atoms with van der Waals surface area (Å²) in [6.07, 6.45) is 1.55. The van der Waals surface area contributed by atoms with Gasteiger partial charge in [-0.2, -0.15) is 0 Å². The van der Waals surface area contributed by atoms with Gasteiger partial charge < -0.3 is 15.8 Å². The van der Waals surface area contributed by atoms with Gasteiger partial charge in [-0.3, -0.25) is 9.59 Å². The molecular formula is C10H9N3O3. The number of ether oxygens (including phenoxy) is 1. The maximum absolute atomic E-state index is 11.2. The van der Waals surface area contributed by atoms with Gasteiger partial charge >= 0.3 is 0 Å². The van der Waals surface area contributed by atoms with Crippen molar-refractivity contribution in [2.24, 2.45) is 0 Å². The number of anilines is 3. The van der Waals surface area contributed by atoms with Crippen LogP contribution in [-0.4, -0.2) is 12.1 Å². The molecule has 0 atom stereocenters. The molecule has 6 heteroatoms. The molecule has 0 aliphatic heterocycles. The second kappa shape index (κ2) is 3.65. The number of nitrogens with zero attached hydrogens (tertiary/aromatic N) is 1. The van der Waals surface area contributed by atoms with Crippen molar-refractivity contribution in [2.45, 2.75) is 0 Å². The van der Waals surface area contributed by atoms with E-state index in [0.717, 1.165) is 0 Å². The maximum atomic E-state index is 11.2. The van der Waals surface area contributed by atoms with E-state index in [1.807, 2.05) is 0 Å². The van der Waals surface area contributed by atoms with Gasteiger partial charge in [-0.05, 0) is 12.1 Å². The number of hydrogen-bond donors (Lipinski definition) is 2. The minimum Gasteiger partial charge on any atom is -0.480 e. The molecule has 1 aromatic heterocycles. The highest BCUT2D eigenvalue weighted by atomic mass is 16.5. The number of pyridine rings is 1. The Bertz CT molecular complexity index is 599. The van der Waals surface area contributed by atoms with Crippen LogP contribution in [0, 0.1) is 0 Å². The average molecular weight is 219 g/mol. The lowest BCUT2D eigenvalue weighted by Gasteiger charge is -2.11. The van der Waals surface area contributed by atoms with E-state index >= 15 is 0 Å². The summed E-state index contributed by atoms with van der Waals surface area (Å²) in [6.45, 7) is 0. The minimum atomic E-state index is -0.662. The van der Waals surface area contributed by atoms with Crippen LogP contribution in [0.15, 0.2) is 27.9 Å². The lowest BCUT2D eigenvalue weighted by atomic mass is 10.2. The maximum Gasteiger partial charge on any atom is 0.253 e. The van der Waals surface area contributed by atoms with Crippen LogP contribution < -0.4 is 26.6 Å². The van der Waals surface area contributed by atoms with Gasteiger partial charge in [0.1, 0.15) is 17.1 Å². The van der Waals surface area contributed by atoms with Crippen molar-refractivity contribution in [1.29, 1.82) is 0 Å². The molecule has 3 N–H and O–H groups in total. The highest BCUT2D eigenvalue weighted by Crippen LogP contribution is 2.25. The van der Waals surface area contributed by atoms with Crippen LogP contribution in [-0.2, 0) is 0 Å². The van der Waals surface area contributed by atoms with Gasteiger partial charge in [0.25, 0.3) is 10.9 Å². The molecule has 2 rings (SSSR count). The summed E-state index contributed by atoms with van der Waals surface area (Å²) in [5.41, 5.74) is 4.62. The van der Waals surface area contributed by atoms with Crippen LogP contribution in [0.4, 0.5) is 17.1 Å². The highest BCUT2D eigenvalue weighted by molar-refractivity contribution is 5.77. The van der Waals surface area contributed by atoms with Crippen LogP contribution in [0.3, 0.4) is 0 Å². The number of nitrogens with two attached hydrogens (primary N) is 1. The van der Waals surface area contributed by atoms with Crippen LogP contribution in [0.2, 0.25) is 0 Å². The molecule has 0 amide bonds. The molecule has 6 nitrogen and oxygen atoms in total. The van der Waals surface area contributed by atoms with E-state index in [4.69, 9.17) is 10.5 Å². The predicted octanol–water partition coefficient (Wildman–Crippen LogP) is 0.0120. The van der Waals surface area contributed by atoms with Gasteiger partial charge in [0.2, 0.25) is 5.88 Å². The van der Waals surface area contributed by atoms with Crippen molar-refractivity contribution in [1.82, 2.24) is 4.98 Å². The Labute approximate surface area is 90.4 Å². The first kappa shape index (κ1) is 10.2. The van der Waals surface area contributed by atoms with E-state index in [9.17, 15) is 9.59 Å². The van der Waals surface area contributed by atoms with Gasteiger partial charge in [0, 0.05) is 6.20 Å². The first-order valence-corrected chi connectivity index (χ1v) is 4.50. The van der Waals surface area contributed by atoms with Crippen molar-refractivity contribution < 1.29 is 4.74 Å². The Hall–Kier alpha value is -2.37. The van der Waals surface area contributed by atoms with E-state index < -0.39 is 10.9 Å². The molecule has 0 aliphatic carbocycles. The number of methoxy groups -OCH3 is 1. The molecule has 2 aromatic rings. The number of rotatable bonds is 3. The number of aromatic nitrogens is 1. The van der Waals surface area contributed by atoms with Gasteiger partial charge in [-0.15, -0.1) is 0 Å². The first-order chi connectivity index (χ1) is 7.65. The third-order valence-electron chi connectivity index (χ3n) is 2.17. The zero-order valence-corrected chi connectivity index (χ0v) is 8.48. The average Bonchev–Trinajstić information content (AvgIpc) is 2.35. The quantitative estimate of drug-likeness (QED) is 0.706. The lowest BCUT2D eigenvalue weighted by molar-refractivity contribution is 0.400. The SMILES string of the molecule is COc1ncccc1Nc1c(N)c(=O)c1=O. The highest BCUT2D eigenvalue weighted by Gasteiger charge is 2.19. The molecule has 82 valence electrons. The topological polar surface area (TPSA) is 94.3 Å². The zero-order chi connectivity index (χ0) is 11.7. The Morgan fingerprint density at radius 1 is 1.38 bits per heavy atom. The van der Waals surface area contributed by atoms with Gasteiger partial charge in [-0.25, -0.2) is 4.98 Å². The summed E-state index contributed by atoms with van der Waals surface area (Å²) in [7, 11) is 1.46. The molecule has 0 radical (unpaired) electrons. The van der Waals surface area contributed by atoms with Crippen molar-refractivity contribution in [3.05, 3.63) is 38.8 Å². The fraction of sp³-hybridized carbons (Fsp3) is 0.100. The molecule has 1 aromatic carbocycles. The molecule has 0 saturated carbocycles. The second-order valence-corrected chi connectivity index (χ2v) is 3.13. The molecule has 0 fully saturated rings. The molecule has 0 saturated heterocycles. The predicted molar refractivity (Wildman–Crippen MR) is 59.8 cm³/mol. The van der Waals surface area contributed by atoms with Crippen molar-refractivity contribution in [3.8, 4) is 5.88 Å². The van der Waals surface area contributed by atoms with Crippen LogP contribution in [0.25, 0.3) is 0 Å². The summed E-state index contributed by atoms with van der Waals surface area (Å²) in [4.78, 5) is 26.0. The Morgan fingerprint density at radius 2 is 2.12 bits per heavy atom. The number of hydrogen-bond acceptors (Lipinski definition) is 6. The summed E-state index contributed by atoms with van der Waals surface area (Å²) < 4.78 is 4.98. The van der Waals surface area contributed by atoms with E-state index in [0.29, 0.717) is 11.6 Å². The molecule has 16 heavy (non-hydrogen) atoms. The third kappa shape index (κ3) is 1.40. The normalized spacial score (nSPS) is 10.3. The lowest BCUT2D eigenvalue weighted by Crippen LogP contribution is -2.36. The fourth-order valence-corrected chi connectivity index (χ4v) is 1.32. The van der Waals surface area contributed by atoms with E-state index in [1.165, 1.54) is 7.11 Å². The molecule has 0 bridgehead atoms. The third-order valence-corrected chi connectivity index (χ3v) is 2.17. The molecule has 0 spiro atoms. The van der Waals surface area contributed by atoms with Gasteiger partial charge in [0.05, 0.1) is 7.11 Å². The van der Waals surface area contributed by atoms with Crippen molar-refractivity contribution >= 4 is 17.1 Å². The molecular weight excluding hydrogens is 210 g/mol. The van der Waals surface area contributed by atoms with E-state index in [-0.39, 0.29) is 11.4 Å². The summed E-state index contributed by atoms with van der Waals surface area (Å²) >= 11 is 0. The fourth-order valence-electron chi connectivity index (χ4n) is 1.32. The summed E-state index contributed by atoms with van der Waals surface area (Å²) in [6, 6.07) is 3.34. The standard InChI is InChI=1S/C10H9N3O3/c1-16-10-5(3-2-4-12-10)13-7-6(11)8(14)9(7)15/h2-4,13H,11H2,1H3. The van der Waals surface area contributed by atoms with Crippen LogP contribution >= 0.6 is 0 Å². The van der Waals surface area contributed by atoms with Crippen LogP contribution in [0.1, 0.15) is 0 Å². The molecule has 0 unspecified atom stereocenters. The van der Waals surface area contributed by atoms with Gasteiger partial charge in [0.15, 0.2) is 0 Å². The smallest absolute Gasteiger partial charge is 0.253 e. The van der Waals surface area contributed by atoms with Crippen LogP contribution in [0.5, 0.6) is 5.88 Å². The number of nitrogens with one attached hydrogen (secondary N) is 1. The molecule has 1 heterocycles. The van der Waals surface area contributed by atoms with Crippen molar-refractivity contribution in [3.63, 3.8) is 0 Å². The Kier molecular flexibility index (Phi) is 2.32.